The Morgan fingerprint density at radius 1 is 1.30 bits per heavy atom. The summed E-state index contributed by atoms with van der Waals surface area (Å²) in [6.07, 6.45) is 0. The van der Waals surface area contributed by atoms with Gasteiger partial charge in [0.15, 0.2) is 12.4 Å². The van der Waals surface area contributed by atoms with Crippen molar-refractivity contribution in [1.29, 1.82) is 0 Å². The second-order valence-corrected chi connectivity index (χ2v) is 7.92. The van der Waals surface area contributed by atoms with Crippen molar-refractivity contribution < 1.29 is 9.53 Å². The summed E-state index contributed by atoms with van der Waals surface area (Å²) in [6, 6.07) is 10.8. The van der Waals surface area contributed by atoms with Crippen molar-refractivity contribution in [2.45, 2.75) is 0 Å². The number of nitrogens with one attached hydrogen (secondary N) is 1. The minimum atomic E-state index is -0.319. The molecule has 0 unspecified atom stereocenters. The van der Waals surface area contributed by atoms with Crippen LogP contribution < -0.4 is 10.1 Å². The number of rotatable bonds is 5. The zero-order chi connectivity index (χ0) is 16.2. The van der Waals surface area contributed by atoms with Gasteiger partial charge in [-0.15, -0.1) is 11.3 Å². The number of nitrogens with zero attached hydrogens (tertiary/aromatic N) is 2. The van der Waals surface area contributed by atoms with Gasteiger partial charge in [0.25, 0.3) is 5.91 Å². The molecule has 3 rings (SSSR count). The summed E-state index contributed by atoms with van der Waals surface area (Å²) in [5.41, 5.74) is 0. The lowest BCUT2D eigenvalue weighted by atomic mass is 10.3. The average Bonchev–Trinajstić information content (AvgIpc) is 3.15. The smallest absolute Gasteiger partial charge is 0.264 e. The predicted octanol–water partition coefficient (Wildman–Crippen LogP) is 4.70. The van der Waals surface area contributed by atoms with E-state index in [-0.39, 0.29) is 12.5 Å². The lowest BCUT2D eigenvalue weighted by Crippen LogP contribution is -2.20. The molecule has 5 nitrogen and oxygen atoms in total. The topological polar surface area (TPSA) is 64.1 Å². The van der Waals surface area contributed by atoms with Crippen LogP contribution >= 0.6 is 50.4 Å². The first-order valence-corrected chi connectivity index (χ1v) is 9.14. The number of carbonyl (C=O) groups is 1. The van der Waals surface area contributed by atoms with E-state index in [0.29, 0.717) is 21.7 Å². The van der Waals surface area contributed by atoms with Gasteiger partial charge in [-0.25, -0.2) is 0 Å². The Morgan fingerprint density at radius 3 is 2.87 bits per heavy atom. The number of thiophene rings is 1. The van der Waals surface area contributed by atoms with E-state index in [0.717, 1.165) is 20.2 Å². The molecule has 2 heterocycles. The number of benzene rings is 1. The summed E-state index contributed by atoms with van der Waals surface area (Å²) >= 11 is 12.0. The number of para-hydroxylation sites is 1. The Labute approximate surface area is 153 Å². The van der Waals surface area contributed by atoms with Crippen LogP contribution in [0.1, 0.15) is 0 Å². The van der Waals surface area contributed by atoms with E-state index in [1.165, 1.54) is 11.3 Å². The largest absolute Gasteiger partial charge is 0.482 e. The van der Waals surface area contributed by atoms with Crippen molar-refractivity contribution in [2.75, 3.05) is 11.9 Å². The van der Waals surface area contributed by atoms with Gasteiger partial charge in [0.05, 0.1) is 13.7 Å². The quantitative estimate of drug-likeness (QED) is 0.637. The Morgan fingerprint density at radius 2 is 2.13 bits per heavy atom. The Kier molecular flexibility index (Phi) is 5.27. The normalized spacial score (nSPS) is 10.5. The molecule has 0 saturated carbocycles. The van der Waals surface area contributed by atoms with Gasteiger partial charge in [0, 0.05) is 11.5 Å². The van der Waals surface area contributed by atoms with Crippen molar-refractivity contribution in [1.82, 2.24) is 9.36 Å². The minimum Gasteiger partial charge on any atom is -0.482 e. The standard InChI is InChI=1S/C14H9BrClN3O2S2/c15-11-6-5-10(22-11)13-18-14(23-19-13)17-12(20)7-21-9-4-2-1-3-8(9)16/h1-6H,7H2,(H,17,18,19,20). The van der Waals surface area contributed by atoms with E-state index in [2.05, 4.69) is 30.6 Å². The highest BCUT2D eigenvalue weighted by atomic mass is 79.9. The molecule has 1 aromatic carbocycles. The molecule has 0 spiro atoms. The fourth-order valence-electron chi connectivity index (χ4n) is 1.67. The van der Waals surface area contributed by atoms with Crippen LogP contribution in [0.2, 0.25) is 5.02 Å². The van der Waals surface area contributed by atoms with Gasteiger partial charge in [0.2, 0.25) is 5.13 Å². The van der Waals surface area contributed by atoms with E-state index < -0.39 is 0 Å². The number of ether oxygens (including phenoxy) is 1. The predicted molar refractivity (Wildman–Crippen MR) is 96.5 cm³/mol. The van der Waals surface area contributed by atoms with Gasteiger partial charge in [-0.2, -0.15) is 9.36 Å². The van der Waals surface area contributed by atoms with Crippen molar-refractivity contribution in [3.05, 3.63) is 45.2 Å². The van der Waals surface area contributed by atoms with Crippen LogP contribution in [-0.4, -0.2) is 21.9 Å². The fourth-order valence-corrected chi connectivity index (χ4v) is 3.84. The third-order valence-electron chi connectivity index (χ3n) is 2.66. The maximum Gasteiger partial charge on any atom is 0.264 e. The van der Waals surface area contributed by atoms with Crippen LogP contribution in [0.5, 0.6) is 5.75 Å². The average molecular weight is 431 g/mol. The minimum absolute atomic E-state index is 0.150. The fraction of sp³-hybridized carbons (Fsp3) is 0.0714. The maximum atomic E-state index is 11.9. The molecular weight excluding hydrogens is 422 g/mol. The van der Waals surface area contributed by atoms with Gasteiger partial charge < -0.3 is 4.74 Å². The summed E-state index contributed by atoms with van der Waals surface area (Å²) < 4.78 is 10.6. The van der Waals surface area contributed by atoms with E-state index in [1.807, 2.05) is 12.1 Å². The van der Waals surface area contributed by atoms with Crippen LogP contribution in [0.3, 0.4) is 0 Å². The van der Waals surface area contributed by atoms with Gasteiger partial charge >= 0.3 is 0 Å². The lowest BCUT2D eigenvalue weighted by molar-refractivity contribution is -0.118. The highest BCUT2D eigenvalue weighted by Gasteiger charge is 2.12. The first-order chi connectivity index (χ1) is 11.1. The first kappa shape index (κ1) is 16.4. The molecule has 3 aromatic rings. The molecule has 2 aromatic heterocycles. The number of anilines is 1. The van der Waals surface area contributed by atoms with Crippen molar-refractivity contribution in [3.63, 3.8) is 0 Å². The molecule has 0 bridgehead atoms. The second kappa shape index (κ2) is 7.39. The molecule has 23 heavy (non-hydrogen) atoms. The van der Waals surface area contributed by atoms with Gasteiger partial charge in [-0.05, 0) is 40.2 Å². The Bertz CT molecular complexity index is 837. The number of hydrogen-bond donors (Lipinski definition) is 1. The highest BCUT2D eigenvalue weighted by Crippen LogP contribution is 2.31. The maximum absolute atomic E-state index is 11.9. The molecule has 0 aliphatic heterocycles. The van der Waals surface area contributed by atoms with Crippen LogP contribution in [-0.2, 0) is 4.79 Å². The molecule has 0 radical (unpaired) electrons. The molecule has 0 aliphatic carbocycles. The summed E-state index contributed by atoms with van der Waals surface area (Å²) in [4.78, 5) is 17.1. The van der Waals surface area contributed by atoms with Crippen molar-refractivity contribution >= 4 is 61.4 Å². The molecule has 0 saturated heterocycles. The van der Waals surface area contributed by atoms with E-state index in [9.17, 15) is 4.79 Å². The molecule has 118 valence electrons. The third kappa shape index (κ3) is 4.29. The third-order valence-corrected chi connectivity index (χ3v) is 5.22. The molecule has 0 fully saturated rings. The number of aromatic nitrogens is 2. The Balaban J connectivity index is 1.58. The Hall–Kier alpha value is -1.48. The van der Waals surface area contributed by atoms with Crippen molar-refractivity contribution in [2.24, 2.45) is 0 Å². The van der Waals surface area contributed by atoms with E-state index in [4.69, 9.17) is 16.3 Å². The number of carbonyl (C=O) groups excluding carboxylic acids is 1. The first-order valence-electron chi connectivity index (χ1n) is 6.38. The molecule has 0 aliphatic rings. The summed E-state index contributed by atoms with van der Waals surface area (Å²) in [5.74, 6) is 0.735. The molecule has 0 atom stereocenters. The number of hydrogen-bond acceptors (Lipinski definition) is 6. The molecule has 9 heteroatoms. The number of halogens is 2. The molecule has 1 amide bonds. The molecular formula is C14H9BrClN3O2S2. The van der Waals surface area contributed by atoms with Gasteiger partial charge in [-0.3, -0.25) is 10.1 Å². The zero-order valence-electron chi connectivity index (χ0n) is 11.5. The van der Waals surface area contributed by atoms with Crippen LogP contribution in [0.25, 0.3) is 10.7 Å². The SMILES string of the molecule is O=C(COc1ccccc1Cl)Nc1nc(-c2ccc(Br)s2)ns1. The number of amides is 1. The van der Waals surface area contributed by atoms with Crippen molar-refractivity contribution in [3.8, 4) is 16.5 Å². The van der Waals surface area contributed by atoms with Crippen LogP contribution in [0.4, 0.5) is 5.13 Å². The summed E-state index contributed by atoms with van der Waals surface area (Å²) in [5, 5.41) is 3.55. The summed E-state index contributed by atoms with van der Waals surface area (Å²) in [7, 11) is 0. The zero-order valence-corrected chi connectivity index (χ0v) is 15.4. The highest BCUT2D eigenvalue weighted by molar-refractivity contribution is 9.11. The van der Waals surface area contributed by atoms with Gasteiger partial charge in [-0.1, -0.05) is 23.7 Å². The lowest BCUT2D eigenvalue weighted by Gasteiger charge is -2.06. The monoisotopic (exact) mass is 429 g/mol. The second-order valence-electron chi connectivity index (χ2n) is 4.29. The van der Waals surface area contributed by atoms with E-state index in [1.54, 1.807) is 24.3 Å². The van der Waals surface area contributed by atoms with Crippen LogP contribution in [0.15, 0.2) is 40.2 Å². The van der Waals surface area contributed by atoms with E-state index >= 15 is 0 Å². The molecule has 1 N–H and O–H groups in total. The summed E-state index contributed by atoms with van der Waals surface area (Å²) in [6.45, 7) is -0.150. The van der Waals surface area contributed by atoms with Gasteiger partial charge in [0.1, 0.15) is 5.75 Å². The van der Waals surface area contributed by atoms with Crippen LogP contribution in [0, 0.1) is 0 Å².